The van der Waals surface area contributed by atoms with Crippen molar-refractivity contribution in [1.82, 2.24) is 29.3 Å². The van der Waals surface area contributed by atoms with Gasteiger partial charge in [-0.2, -0.15) is 0 Å². The van der Waals surface area contributed by atoms with Crippen LogP contribution in [-0.4, -0.2) is 74.4 Å². The minimum atomic E-state index is -0.164. The Morgan fingerprint density at radius 2 is 2.04 bits per heavy atom. The van der Waals surface area contributed by atoms with Gasteiger partial charge in [-0.1, -0.05) is 0 Å². The average molecular weight is 371 g/mol. The van der Waals surface area contributed by atoms with E-state index in [4.69, 9.17) is 0 Å². The highest BCUT2D eigenvalue weighted by Gasteiger charge is 2.36. The number of hydrogen-bond donors (Lipinski definition) is 1. The summed E-state index contributed by atoms with van der Waals surface area (Å²) in [5.41, 5.74) is 1.24. The fourth-order valence-electron chi connectivity index (χ4n) is 3.57. The Labute approximate surface area is 157 Å². The molecule has 1 unspecified atom stereocenters. The highest BCUT2D eigenvalue weighted by atomic mass is 16.2. The summed E-state index contributed by atoms with van der Waals surface area (Å²) < 4.78 is 1.81. The van der Waals surface area contributed by atoms with Crippen LogP contribution in [0.1, 0.15) is 36.8 Å². The van der Waals surface area contributed by atoms with Crippen molar-refractivity contribution in [2.75, 3.05) is 32.5 Å². The number of amides is 2. The number of aromatic nitrogens is 4. The predicted octanol–water partition coefficient (Wildman–Crippen LogP) is 0.971. The van der Waals surface area contributed by atoms with Crippen LogP contribution in [0, 0.1) is 5.92 Å². The SMILES string of the molecule is CCn1c(C(=O)N(C)C)nc2c(NC3CCN(C(=O)C4CC4)C3)ncnc21. The van der Waals surface area contributed by atoms with Crippen LogP contribution in [0.25, 0.3) is 11.2 Å². The molecule has 2 fully saturated rings. The van der Waals surface area contributed by atoms with Crippen LogP contribution in [-0.2, 0) is 11.3 Å². The maximum absolute atomic E-state index is 12.5. The summed E-state index contributed by atoms with van der Waals surface area (Å²) in [6.45, 7) is 4.00. The Morgan fingerprint density at radius 3 is 2.70 bits per heavy atom. The van der Waals surface area contributed by atoms with Gasteiger partial charge in [0.15, 0.2) is 17.0 Å². The molecule has 2 aromatic heterocycles. The molecule has 2 aliphatic rings. The van der Waals surface area contributed by atoms with Crippen molar-refractivity contribution in [1.29, 1.82) is 0 Å². The highest BCUT2D eigenvalue weighted by Crippen LogP contribution is 2.32. The summed E-state index contributed by atoms with van der Waals surface area (Å²) >= 11 is 0. The third-order valence-electron chi connectivity index (χ3n) is 5.21. The van der Waals surface area contributed by atoms with Gasteiger partial charge in [-0.05, 0) is 26.2 Å². The van der Waals surface area contributed by atoms with Crippen LogP contribution in [0.2, 0.25) is 0 Å². The molecule has 1 saturated heterocycles. The molecule has 1 saturated carbocycles. The van der Waals surface area contributed by atoms with Gasteiger partial charge < -0.3 is 19.7 Å². The number of carbonyl (C=O) groups is 2. The summed E-state index contributed by atoms with van der Waals surface area (Å²) in [6.07, 6.45) is 4.42. The summed E-state index contributed by atoms with van der Waals surface area (Å²) in [5.74, 6) is 1.34. The number of aryl methyl sites for hydroxylation is 1. The zero-order chi connectivity index (χ0) is 19.1. The van der Waals surface area contributed by atoms with Gasteiger partial charge >= 0.3 is 0 Å². The molecule has 9 nitrogen and oxygen atoms in total. The van der Waals surface area contributed by atoms with E-state index in [1.807, 2.05) is 16.4 Å². The number of rotatable bonds is 5. The number of likely N-dealkylation sites (tertiary alicyclic amines) is 1. The minimum Gasteiger partial charge on any atom is -0.364 e. The van der Waals surface area contributed by atoms with Gasteiger partial charge in [0.2, 0.25) is 11.7 Å². The molecule has 0 spiro atoms. The number of imidazole rings is 1. The van der Waals surface area contributed by atoms with Crippen molar-refractivity contribution in [3.8, 4) is 0 Å². The maximum Gasteiger partial charge on any atom is 0.289 e. The lowest BCUT2D eigenvalue weighted by atomic mass is 10.2. The smallest absolute Gasteiger partial charge is 0.289 e. The van der Waals surface area contributed by atoms with Crippen molar-refractivity contribution in [2.24, 2.45) is 5.92 Å². The molecule has 144 valence electrons. The lowest BCUT2D eigenvalue weighted by Gasteiger charge is -2.17. The minimum absolute atomic E-state index is 0.130. The fraction of sp³-hybridized carbons (Fsp3) is 0.611. The molecule has 0 aromatic carbocycles. The lowest BCUT2D eigenvalue weighted by Crippen LogP contribution is -2.32. The molecule has 1 atom stereocenters. The molecule has 9 heteroatoms. The quantitative estimate of drug-likeness (QED) is 0.841. The fourth-order valence-corrected chi connectivity index (χ4v) is 3.57. The average Bonchev–Trinajstić information content (AvgIpc) is 3.28. The van der Waals surface area contributed by atoms with Crippen molar-refractivity contribution >= 4 is 28.8 Å². The molecule has 0 bridgehead atoms. The Morgan fingerprint density at radius 1 is 1.26 bits per heavy atom. The molecule has 2 amide bonds. The van der Waals surface area contributed by atoms with E-state index in [1.54, 1.807) is 14.1 Å². The van der Waals surface area contributed by atoms with Gasteiger partial charge in [-0.15, -0.1) is 0 Å². The van der Waals surface area contributed by atoms with Crippen molar-refractivity contribution in [2.45, 2.75) is 38.8 Å². The van der Waals surface area contributed by atoms with E-state index in [2.05, 4.69) is 20.3 Å². The second-order valence-corrected chi connectivity index (χ2v) is 7.46. The van der Waals surface area contributed by atoms with E-state index in [0.29, 0.717) is 35.9 Å². The molecule has 0 radical (unpaired) electrons. The lowest BCUT2D eigenvalue weighted by molar-refractivity contribution is -0.131. The Kier molecular flexibility index (Phi) is 4.45. The topological polar surface area (TPSA) is 96.2 Å². The Bertz CT molecular complexity index is 887. The third kappa shape index (κ3) is 3.22. The maximum atomic E-state index is 12.5. The predicted molar refractivity (Wildman–Crippen MR) is 100 cm³/mol. The first-order valence-corrected chi connectivity index (χ1v) is 9.47. The van der Waals surface area contributed by atoms with E-state index in [1.165, 1.54) is 11.2 Å². The summed E-state index contributed by atoms with van der Waals surface area (Å²) in [4.78, 5) is 41.4. The van der Waals surface area contributed by atoms with Crippen LogP contribution < -0.4 is 5.32 Å². The van der Waals surface area contributed by atoms with Crippen molar-refractivity contribution in [3.05, 3.63) is 12.2 Å². The number of nitrogens with one attached hydrogen (secondary N) is 1. The molecule has 3 heterocycles. The summed E-state index contributed by atoms with van der Waals surface area (Å²) in [6, 6.07) is 0.130. The summed E-state index contributed by atoms with van der Waals surface area (Å²) in [5, 5.41) is 3.42. The van der Waals surface area contributed by atoms with E-state index in [-0.39, 0.29) is 23.8 Å². The number of fused-ring (bicyclic) bond motifs is 1. The van der Waals surface area contributed by atoms with Crippen LogP contribution in [0.15, 0.2) is 6.33 Å². The first kappa shape index (κ1) is 17.7. The van der Waals surface area contributed by atoms with E-state index in [0.717, 1.165) is 25.8 Å². The highest BCUT2D eigenvalue weighted by molar-refractivity contribution is 5.96. The van der Waals surface area contributed by atoms with Gasteiger partial charge in [0, 0.05) is 45.7 Å². The first-order chi connectivity index (χ1) is 13.0. The van der Waals surface area contributed by atoms with Gasteiger partial charge in [0.25, 0.3) is 5.91 Å². The zero-order valence-electron chi connectivity index (χ0n) is 16.0. The summed E-state index contributed by atoms with van der Waals surface area (Å²) in [7, 11) is 3.41. The van der Waals surface area contributed by atoms with Crippen molar-refractivity contribution < 1.29 is 9.59 Å². The first-order valence-electron chi connectivity index (χ1n) is 9.47. The second-order valence-electron chi connectivity index (χ2n) is 7.46. The number of anilines is 1. The second kappa shape index (κ2) is 6.79. The zero-order valence-corrected chi connectivity index (χ0v) is 16.0. The molecular formula is C18H25N7O2. The van der Waals surface area contributed by atoms with Gasteiger partial charge in [0.1, 0.15) is 6.33 Å². The number of carbonyl (C=O) groups excluding carboxylic acids is 2. The van der Waals surface area contributed by atoms with Gasteiger partial charge in [-0.3, -0.25) is 9.59 Å². The van der Waals surface area contributed by atoms with E-state index < -0.39 is 0 Å². The number of nitrogens with zero attached hydrogens (tertiary/aromatic N) is 6. The van der Waals surface area contributed by atoms with Crippen LogP contribution in [0.5, 0.6) is 0 Å². The van der Waals surface area contributed by atoms with Gasteiger partial charge in [0.05, 0.1) is 0 Å². The molecular weight excluding hydrogens is 346 g/mol. The van der Waals surface area contributed by atoms with E-state index >= 15 is 0 Å². The molecule has 2 aromatic rings. The number of hydrogen-bond acceptors (Lipinski definition) is 6. The van der Waals surface area contributed by atoms with Crippen LogP contribution in [0.3, 0.4) is 0 Å². The molecule has 27 heavy (non-hydrogen) atoms. The Hall–Kier alpha value is -2.71. The Balaban J connectivity index is 1.59. The molecule has 1 aliphatic heterocycles. The van der Waals surface area contributed by atoms with Gasteiger partial charge in [-0.25, -0.2) is 15.0 Å². The normalized spacial score (nSPS) is 19.5. The van der Waals surface area contributed by atoms with Crippen molar-refractivity contribution in [3.63, 3.8) is 0 Å². The standard InChI is InChI=1S/C18H25N7O2/c1-4-25-15-13(22-16(25)18(27)23(2)3)14(19-10-20-15)21-12-7-8-24(9-12)17(26)11-5-6-11/h10-12H,4-9H2,1-3H3,(H,19,20,21). The van der Waals surface area contributed by atoms with Crippen LogP contribution in [0.4, 0.5) is 5.82 Å². The molecule has 1 aliphatic carbocycles. The molecule has 1 N–H and O–H groups in total. The van der Waals surface area contributed by atoms with Crippen LogP contribution >= 0.6 is 0 Å². The largest absolute Gasteiger partial charge is 0.364 e. The monoisotopic (exact) mass is 371 g/mol. The molecule has 4 rings (SSSR count). The third-order valence-corrected chi connectivity index (χ3v) is 5.21. The van der Waals surface area contributed by atoms with E-state index in [9.17, 15) is 9.59 Å².